The maximum absolute atomic E-state index is 9.68. The number of benzene rings is 1. The number of nitrogens with two attached hydrogens (primary N) is 1. The van der Waals surface area contributed by atoms with Gasteiger partial charge in [0.15, 0.2) is 0 Å². The number of nitrogen functional groups attached to an aromatic ring is 1. The van der Waals surface area contributed by atoms with Gasteiger partial charge in [-0.25, -0.2) is 0 Å². The molecule has 0 radical (unpaired) electrons. The van der Waals surface area contributed by atoms with Crippen molar-refractivity contribution in [2.75, 3.05) is 17.6 Å². The summed E-state index contributed by atoms with van der Waals surface area (Å²) in [6, 6.07) is 3.92. The fourth-order valence-electron chi connectivity index (χ4n) is 2.86. The van der Waals surface area contributed by atoms with Crippen LogP contribution in [0.15, 0.2) is 18.3 Å². The Labute approximate surface area is 112 Å². The van der Waals surface area contributed by atoms with Crippen LogP contribution in [-0.2, 0) is 0 Å². The van der Waals surface area contributed by atoms with Gasteiger partial charge in [-0.1, -0.05) is 6.42 Å². The van der Waals surface area contributed by atoms with Crippen molar-refractivity contribution in [1.29, 1.82) is 0 Å². The van der Waals surface area contributed by atoms with Gasteiger partial charge in [-0.05, 0) is 37.3 Å². The SMILES string of the molecule is Nc1cc2cn[nH]c2cc1NCC1CCCC(O)C1. The zero-order valence-corrected chi connectivity index (χ0v) is 10.9. The zero-order valence-electron chi connectivity index (χ0n) is 10.9. The number of H-pyrrole nitrogens is 1. The van der Waals surface area contributed by atoms with Gasteiger partial charge in [0.1, 0.15) is 0 Å². The highest BCUT2D eigenvalue weighted by Gasteiger charge is 2.20. The summed E-state index contributed by atoms with van der Waals surface area (Å²) >= 11 is 0. The molecule has 0 spiro atoms. The first-order chi connectivity index (χ1) is 9.22. The highest BCUT2D eigenvalue weighted by atomic mass is 16.3. The van der Waals surface area contributed by atoms with Crippen LogP contribution in [0.25, 0.3) is 10.9 Å². The number of anilines is 2. The average molecular weight is 260 g/mol. The number of nitrogens with zero attached hydrogens (tertiary/aromatic N) is 1. The van der Waals surface area contributed by atoms with Gasteiger partial charge in [0.25, 0.3) is 0 Å². The lowest BCUT2D eigenvalue weighted by Gasteiger charge is -2.26. The Kier molecular flexibility index (Phi) is 3.29. The van der Waals surface area contributed by atoms with Crippen LogP contribution >= 0.6 is 0 Å². The second-order valence-electron chi connectivity index (χ2n) is 5.46. The molecular weight excluding hydrogens is 240 g/mol. The minimum atomic E-state index is -0.131. The Morgan fingerprint density at radius 2 is 2.32 bits per heavy atom. The van der Waals surface area contributed by atoms with Crippen molar-refractivity contribution in [3.05, 3.63) is 18.3 Å². The lowest BCUT2D eigenvalue weighted by atomic mass is 9.87. The number of aromatic amines is 1. The van der Waals surface area contributed by atoms with Gasteiger partial charge < -0.3 is 16.2 Å². The number of aromatic nitrogens is 2. The van der Waals surface area contributed by atoms with E-state index in [0.717, 1.165) is 48.1 Å². The van der Waals surface area contributed by atoms with Gasteiger partial charge in [-0.15, -0.1) is 0 Å². The van der Waals surface area contributed by atoms with Crippen molar-refractivity contribution in [2.45, 2.75) is 31.8 Å². The summed E-state index contributed by atoms with van der Waals surface area (Å²) in [6.45, 7) is 0.862. The number of hydrogen-bond acceptors (Lipinski definition) is 4. The van der Waals surface area contributed by atoms with E-state index in [4.69, 9.17) is 5.73 Å². The predicted molar refractivity (Wildman–Crippen MR) is 77.0 cm³/mol. The number of nitrogens with one attached hydrogen (secondary N) is 2. The van der Waals surface area contributed by atoms with E-state index in [1.54, 1.807) is 6.20 Å². The molecule has 19 heavy (non-hydrogen) atoms. The molecule has 5 heteroatoms. The molecule has 0 saturated heterocycles. The molecule has 0 amide bonds. The van der Waals surface area contributed by atoms with Crippen molar-refractivity contribution in [2.24, 2.45) is 5.92 Å². The van der Waals surface area contributed by atoms with Crippen LogP contribution < -0.4 is 11.1 Å². The van der Waals surface area contributed by atoms with Crippen LogP contribution in [0.2, 0.25) is 0 Å². The van der Waals surface area contributed by atoms with Crippen molar-refractivity contribution >= 4 is 22.3 Å². The first-order valence-corrected chi connectivity index (χ1v) is 6.87. The molecule has 5 N–H and O–H groups in total. The maximum atomic E-state index is 9.68. The Morgan fingerprint density at radius 3 is 3.16 bits per heavy atom. The molecular formula is C14H20N4O. The molecule has 2 unspecified atom stereocenters. The van der Waals surface area contributed by atoms with E-state index in [1.165, 1.54) is 6.42 Å². The number of fused-ring (bicyclic) bond motifs is 1. The summed E-state index contributed by atoms with van der Waals surface area (Å²) in [6.07, 6.45) is 5.76. The Bertz CT molecular complexity index is 566. The van der Waals surface area contributed by atoms with Crippen molar-refractivity contribution in [1.82, 2.24) is 10.2 Å². The Morgan fingerprint density at radius 1 is 1.42 bits per heavy atom. The Balaban J connectivity index is 1.68. The van der Waals surface area contributed by atoms with Gasteiger partial charge in [-0.2, -0.15) is 5.10 Å². The van der Waals surface area contributed by atoms with E-state index >= 15 is 0 Å². The van der Waals surface area contributed by atoms with E-state index in [0.29, 0.717) is 5.92 Å². The third kappa shape index (κ3) is 2.66. The molecule has 3 rings (SSSR count). The minimum absolute atomic E-state index is 0.131. The van der Waals surface area contributed by atoms with Crippen LogP contribution in [0.3, 0.4) is 0 Å². The van der Waals surface area contributed by atoms with Crippen molar-refractivity contribution in [3.8, 4) is 0 Å². The van der Waals surface area contributed by atoms with E-state index in [9.17, 15) is 5.11 Å². The van der Waals surface area contributed by atoms with Crippen LogP contribution in [0.4, 0.5) is 11.4 Å². The molecule has 1 aliphatic rings. The van der Waals surface area contributed by atoms with Crippen LogP contribution in [-0.4, -0.2) is 28.0 Å². The fourth-order valence-corrected chi connectivity index (χ4v) is 2.86. The van der Waals surface area contributed by atoms with Gasteiger partial charge >= 0.3 is 0 Å². The molecule has 1 aliphatic carbocycles. The molecule has 1 fully saturated rings. The number of aliphatic hydroxyl groups is 1. The second-order valence-corrected chi connectivity index (χ2v) is 5.46. The lowest BCUT2D eigenvalue weighted by Crippen LogP contribution is -2.25. The van der Waals surface area contributed by atoms with E-state index in [-0.39, 0.29) is 6.10 Å². The normalized spacial score (nSPS) is 23.6. The topological polar surface area (TPSA) is 87.0 Å². The first-order valence-electron chi connectivity index (χ1n) is 6.87. The molecule has 2 aromatic rings. The standard InChI is InChI=1S/C14H20N4O/c15-12-5-10-8-17-18-13(10)6-14(12)16-7-9-2-1-3-11(19)4-9/h5-6,8-9,11,16,19H,1-4,7,15H2,(H,17,18). The van der Waals surface area contributed by atoms with Crippen molar-refractivity contribution in [3.63, 3.8) is 0 Å². The zero-order chi connectivity index (χ0) is 13.2. The Hall–Kier alpha value is -1.75. The van der Waals surface area contributed by atoms with E-state index < -0.39 is 0 Å². The summed E-state index contributed by atoms with van der Waals surface area (Å²) in [7, 11) is 0. The molecule has 1 heterocycles. The van der Waals surface area contributed by atoms with E-state index in [2.05, 4.69) is 15.5 Å². The molecule has 0 bridgehead atoms. The minimum Gasteiger partial charge on any atom is -0.397 e. The third-order valence-electron chi connectivity index (χ3n) is 3.95. The fraction of sp³-hybridized carbons (Fsp3) is 0.500. The molecule has 1 aromatic heterocycles. The molecule has 1 saturated carbocycles. The second kappa shape index (κ2) is 5.09. The molecule has 5 nitrogen and oxygen atoms in total. The summed E-state index contributed by atoms with van der Waals surface area (Å²) in [5.74, 6) is 0.528. The lowest BCUT2D eigenvalue weighted by molar-refractivity contribution is 0.105. The van der Waals surface area contributed by atoms with Gasteiger partial charge in [0.05, 0.1) is 29.2 Å². The smallest absolute Gasteiger partial charge is 0.0672 e. The maximum Gasteiger partial charge on any atom is 0.0672 e. The number of rotatable bonds is 3. The van der Waals surface area contributed by atoms with E-state index in [1.807, 2.05) is 12.1 Å². The van der Waals surface area contributed by atoms with Crippen molar-refractivity contribution < 1.29 is 5.11 Å². The quantitative estimate of drug-likeness (QED) is 0.637. The molecule has 1 aromatic carbocycles. The van der Waals surface area contributed by atoms with Crippen LogP contribution in [0.1, 0.15) is 25.7 Å². The monoisotopic (exact) mass is 260 g/mol. The average Bonchev–Trinajstić information content (AvgIpc) is 2.83. The molecule has 2 atom stereocenters. The third-order valence-corrected chi connectivity index (χ3v) is 3.95. The highest BCUT2D eigenvalue weighted by Crippen LogP contribution is 2.28. The van der Waals surface area contributed by atoms with Gasteiger partial charge in [-0.3, -0.25) is 5.10 Å². The van der Waals surface area contributed by atoms with Crippen LogP contribution in [0.5, 0.6) is 0 Å². The first kappa shape index (κ1) is 12.3. The van der Waals surface area contributed by atoms with Gasteiger partial charge in [0.2, 0.25) is 0 Å². The predicted octanol–water partition coefficient (Wildman–Crippen LogP) is 2.11. The number of hydrogen-bond donors (Lipinski definition) is 4. The number of aliphatic hydroxyl groups excluding tert-OH is 1. The highest BCUT2D eigenvalue weighted by molar-refractivity contribution is 5.88. The largest absolute Gasteiger partial charge is 0.397 e. The van der Waals surface area contributed by atoms with Crippen LogP contribution in [0, 0.1) is 5.92 Å². The summed E-state index contributed by atoms with van der Waals surface area (Å²) < 4.78 is 0. The summed E-state index contributed by atoms with van der Waals surface area (Å²) in [5, 5.41) is 21.1. The summed E-state index contributed by atoms with van der Waals surface area (Å²) in [5.41, 5.74) is 8.70. The molecule has 0 aliphatic heterocycles. The van der Waals surface area contributed by atoms with Gasteiger partial charge in [0, 0.05) is 11.9 Å². The summed E-state index contributed by atoms with van der Waals surface area (Å²) in [4.78, 5) is 0. The molecule has 102 valence electrons.